The molecule has 2 saturated heterocycles. The summed E-state index contributed by atoms with van der Waals surface area (Å²) in [6.45, 7) is 0.180. The maximum Gasteiger partial charge on any atom is 0.335 e. The van der Waals surface area contributed by atoms with Crippen LogP contribution in [0.1, 0.15) is 25.7 Å². The van der Waals surface area contributed by atoms with E-state index >= 15 is 0 Å². The highest BCUT2D eigenvalue weighted by Crippen LogP contribution is 2.43. The summed E-state index contributed by atoms with van der Waals surface area (Å²) in [5.41, 5.74) is -1.72. The van der Waals surface area contributed by atoms with Gasteiger partial charge in [0, 0.05) is 0 Å². The summed E-state index contributed by atoms with van der Waals surface area (Å²) in [7, 11) is 0. The van der Waals surface area contributed by atoms with Crippen molar-refractivity contribution in [3.05, 3.63) is 0 Å². The highest BCUT2D eigenvalue weighted by Gasteiger charge is 2.53. The van der Waals surface area contributed by atoms with Crippen molar-refractivity contribution in [3.8, 4) is 0 Å². The number of hydrogen-bond acceptors (Lipinski definition) is 3. The van der Waals surface area contributed by atoms with Gasteiger partial charge in [0.15, 0.2) is 5.60 Å². The van der Waals surface area contributed by atoms with Gasteiger partial charge in [0.25, 0.3) is 0 Å². The van der Waals surface area contributed by atoms with Crippen LogP contribution in [0.5, 0.6) is 0 Å². The number of carbonyl (C=O) groups is 1. The van der Waals surface area contributed by atoms with E-state index in [0.29, 0.717) is 25.7 Å². The Morgan fingerprint density at radius 3 is 2.17 bits per heavy atom. The summed E-state index contributed by atoms with van der Waals surface area (Å²) < 4.78 is 5.18. The SMILES string of the molecule is O=C(O)C12CCC(O)(CC1)CO2. The first-order valence-corrected chi connectivity index (χ1v) is 4.16. The molecule has 1 aliphatic carbocycles. The van der Waals surface area contributed by atoms with Crippen LogP contribution in [0.3, 0.4) is 0 Å². The molecule has 0 unspecified atom stereocenters. The van der Waals surface area contributed by atoms with Gasteiger partial charge in [-0.05, 0) is 25.7 Å². The van der Waals surface area contributed by atoms with E-state index in [1.54, 1.807) is 0 Å². The molecule has 3 fully saturated rings. The van der Waals surface area contributed by atoms with Crippen LogP contribution in [-0.4, -0.2) is 34.0 Å². The van der Waals surface area contributed by atoms with E-state index < -0.39 is 17.2 Å². The van der Waals surface area contributed by atoms with Crippen molar-refractivity contribution in [2.75, 3.05) is 6.61 Å². The van der Waals surface area contributed by atoms with Gasteiger partial charge in [-0.1, -0.05) is 0 Å². The van der Waals surface area contributed by atoms with E-state index in [-0.39, 0.29) is 6.61 Å². The summed E-state index contributed by atoms with van der Waals surface area (Å²) in [5, 5.41) is 18.6. The Bertz CT molecular complexity index is 199. The van der Waals surface area contributed by atoms with Gasteiger partial charge in [-0.2, -0.15) is 0 Å². The zero-order chi connectivity index (χ0) is 8.82. The molecule has 3 rings (SSSR count). The fraction of sp³-hybridized carbons (Fsp3) is 0.875. The van der Waals surface area contributed by atoms with Crippen LogP contribution in [0.4, 0.5) is 0 Å². The number of aliphatic hydroxyl groups is 1. The lowest BCUT2D eigenvalue weighted by Gasteiger charge is -2.48. The van der Waals surface area contributed by atoms with Gasteiger partial charge in [-0.15, -0.1) is 0 Å². The minimum absolute atomic E-state index is 0.180. The molecule has 0 atom stereocenters. The molecule has 0 aromatic rings. The summed E-state index contributed by atoms with van der Waals surface area (Å²) in [6.07, 6.45) is 2.00. The van der Waals surface area contributed by atoms with Crippen LogP contribution >= 0.6 is 0 Å². The minimum atomic E-state index is -0.982. The van der Waals surface area contributed by atoms with Gasteiger partial charge in [-0.3, -0.25) is 0 Å². The van der Waals surface area contributed by atoms with Crippen molar-refractivity contribution in [3.63, 3.8) is 0 Å². The Morgan fingerprint density at radius 2 is 1.83 bits per heavy atom. The van der Waals surface area contributed by atoms with Gasteiger partial charge in [0.2, 0.25) is 0 Å². The van der Waals surface area contributed by atoms with E-state index in [1.807, 2.05) is 0 Å². The molecule has 4 heteroatoms. The second kappa shape index (κ2) is 2.20. The van der Waals surface area contributed by atoms with Crippen LogP contribution in [0, 0.1) is 0 Å². The highest BCUT2D eigenvalue weighted by molar-refractivity contribution is 5.78. The molecule has 2 N–H and O–H groups in total. The topological polar surface area (TPSA) is 66.8 Å². The van der Waals surface area contributed by atoms with Crippen LogP contribution in [0.25, 0.3) is 0 Å². The molecule has 2 heterocycles. The summed E-state index contributed by atoms with van der Waals surface area (Å²) in [6, 6.07) is 0. The lowest BCUT2D eigenvalue weighted by atomic mass is 9.73. The van der Waals surface area contributed by atoms with Crippen molar-refractivity contribution >= 4 is 5.97 Å². The minimum Gasteiger partial charge on any atom is -0.479 e. The molecule has 0 spiro atoms. The number of carboxylic acids is 1. The first-order valence-electron chi connectivity index (χ1n) is 4.16. The first-order chi connectivity index (χ1) is 5.56. The smallest absolute Gasteiger partial charge is 0.335 e. The average molecular weight is 172 g/mol. The monoisotopic (exact) mass is 172 g/mol. The third-order valence-electron chi connectivity index (χ3n) is 3.00. The van der Waals surface area contributed by atoms with Crippen molar-refractivity contribution in [2.24, 2.45) is 0 Å². The van der Waals surface area contributed by atoms with E-state index in [9.17, 15) is 9.90 Å². The lowest BCUT2D eigenvalue weighted by Crippen LogP contribution is -2.58. The standard InChI is InChI=1S/C8H12O4/c9-6(10)8-3-1-7(11,2-4-8)5-12-8/h11H,1-5H2,(H,9,10). The number of hydrogen-bond donors (Lipinski definition) is 2. The summed E-state index contributed by atoms with van der Waals surface area (Å²) in [5.74, 6) is -0.885. The normalized spacial score (nSPS) is 46.1. The highest BCUT2D eigenvalue weighted by atomic mass is 16.5. The molecule has 2 aliphatic heterocycles. The average Bonchev–Trinajstić information content (AvgIpc) is 2.06. The van der Waals surface area contributed by atoms with Crippen LogP contribution in [-0.2, 0) is 9.53 Å². The maximum absolute atomic E-state index is 10.8. The van der Waals surface area contributed by atoms with Crippen molar-refractivity contribution in [1.82, 2.24) is 0 Å². The molecule has 1 saturated carbocycles. The molecule has 4 nitrogen and oxygen atoms in total. The Hall–Kier alpha value is -0.610. The molecule has 0 radical (unpaired) electrons. The number of rotatable bonds is 1. The lowest BCUT2D eigenvalue weighted by molar-refractivity contribution is -0.225. The quantitative estimate of drug-likeness (QED) is 0.590. The van der Waals surface area contributed by atoms with E-state index in [0.717, 1.165) is 0 Å². The Balaban J connectivity index is 2.20. The fourth-order valence-electron chi connectivity index (χ4n) is 1.96. The second-order valence-corrected chi connectivity index (χ2v) is 3.81. The Kier molecular flexibility index (Phi) is 1.47. The molecular formula is C8H12O4. The van der Waals surface area contributed by atoms with Crippen molar-refractivity contribution < 1.29 is 19.7 Å². The van der Waals surface area contributed by atoms with Crippen LogP contribution in [0.2, 0.25) is 0 Å². The summed E-state index contributed by atoms with van der Waals surface area (Å²) >= 11 is 0. The third kappa shape index (κ3) is 0.949. The predicted molar refractivity (Wildman–Crippen MR) is 39.7 cm³/mol. The van der Waals surface area contributed by atoms with Gasteiger partial charge in [0.05, 0.1) is 12.2 Å². The number of fused-ring (bicyclic) bond motifs is 3. The zero-order valence-corrected chi connectivity index (χ0v) is 6.75. The first kappa shape index (κ1) is 8.01. The van der Waals surface area contributed by atoms with Crippen LogP contribution in [0.15, 0.2) is 0 Å². The van der Waals surface area contributed by atoms with E-state index in [4.69, 9.17) is 9.84 Å². The third-order valence-corrected chi connectivity index (χ3v) is 3.00. The molecule has 3 aliphatic rings. The molecule has 0 amide bonds. The van der Waals surface area contributed by atoms with E-state index in [1.165, 1.54) is 0 Å². The molecule has 0 aromatic carbocycles. The van der Waals surface area contributed by atoms with Gasteiger partial charge >= 0.3 is 5.97 Å². The van der Waals surface area contributed by atoms with Gasteiger partial charge in [0.1, 0.15) is 0 Å². The Morgan fingerprint density at radius 1 is 1.25 bits per heavy atom. The number of carboxylic acid groups (broad SMARTS) is 1. The van der Waals surface area contributed by atoms with Gasteiger partial charge < -0.3 is 14.9 Å². The molecule has 68 valence electrons. The predicted octanol–water partition coefficient (Wildman–Crippen LogP) is 0.145. The molecule has 0 aromatic heterocycles. The number of aliphatic carboxylic acids is 1. The van der Waals surface area contributed by atoms with E-state index in [2.05, 4.69) is 0 Å². The largest absolute Gasteiger partial charge is 0.479 e. The van der Waals surface area contributed by atoms with Crippen molar-refractivity contribution in [1.29, 1.82) is 0 Å². The second-order valence-electron chi connectivity index (χ2n) is 3.81. The zero-order valence-electron chi connectivity index (χ0n) is 6.75. The maximum atomic E-state index is 10.8. The van der Waals surface area contributed by atoms with Crippen molar-refractivity contribution in [2.45, 2.75) is 36.9 Å². The fourth-order valence-corrected chi connectivity index (χ4v) is 1.96. The van der Waals surface area contributed by atoms with Gasteiger partial charge in [-0.25, -0.2) is 4.79 Å². The summed E-state index contributed by atoms with van der Waals surface area (Å²) in [4.78, 5) is 10.8. The number of ether oxygens (including phenoxy) is 1. The molecule has 2 bridgehead atoms. The molecule has 12 heavy (non-hydrogen) atoms. The Labute approximate surface area is 70.1 Å². The van der Waals surface area contributed by atoms with Crippen LogP contribution < -0.4 is 0 Å². The molecular weight excluding hydrogens is 160 g/mol.